The number of nitrogens with zero attached hydrogens (tertiary/aromatic N) is 2. The summed E-state index contributed by atoms with van der Waals surface area (Å²) in [6, 6.07) is 16.0. The molecule has 3 rings (SSSR count). The zero-order valence-corrected chi connectivity index (χ0v) is 14.8. The Morgan fingerprint density at radius 2 is 1.83 bits per heavy atom. The summed E-state index contributed by atoms with van der Waals surface area (Å²) < 4.78 is 5.97. The van der Waals surface area contributed by atoms with Gasteiger partial charge in [-0.1, -0.05) is 35.9 Å². The van der Waals surface area contributed by atoms with Gasteiger partial charge in [-0.05, 0) is 38.4 Å². The Kier molecular flexibility index (Phi) is 6.05. The molecule has 2 aromatic rings. The Hall–Kier alpha value is -1.55. The molecule has 0 aliphatic carbocycles. The van der Waals surface area contributed by atoms with Gasteiger partial charge in [0.05, 0.1) is 11.8 Å². The minimum Gasteiger partial charge on any atom is -0.491 e. The Bertz CT molecular complexity index is 684. The van der Waals surface area contributed by atoms with Crippen LogP contribution in [0, 0.1) is 0 Å². The molecular formula is C18H20Cl2N2O. The molecule has 0 bridgehead atoms. The number of rotatable bonds is 3. The van der Waals surface area contributed by atoms with Gasteiger partial charge in [-0.2, -0.15) is 0 Å². The lowest BCUT2D eigenvalue weighted by atomic mass is 10.0. The average Bonchev–Trinajstić information content (AvgIpc) is 2.68. The highest BCUT2D eigenvalue weighted by atomic mass is 35.5. The lowest BCUT2D eigenvalue weighted by Crippen LogP contribution is -2.29. The highest BCUT2D eigenvalue weighted by Gasteiger charge is 2.20. The van der Waals surface area contributed by atoms with E-state index in [1.54, 1.807) is 0 Å². The van der Waals surface area contributed by atoms with E-state index < -0.39 is 0 Å². The largest absolute Gasteiger partial charge is 0.491 e. The molecule has 1 atom stereocenters. The van der Waals surface area contributed by atoms with Crippen molar-refractivity contribution >= 4 is 29.7 Å². The molecule has 0 saturated carbocycles. The molecule has 1 aliphatic rings. The first kappa shape index (κ1) is 17.8. The third-order valence-corrected chi connectivity index (χ3v) is 3.83. The van der Waals surface area contributed by atoms with Crippen LogP contribution in [0.2, 0.25) is 5.02 Å². The van der Waals surface area contributed by atoms with Crippen LogP contribution in [0.15, 0.2) is 53.5 Å². The lowest BCUT2D eigenvalue weighted by Gasteiger charge is -2.16. The van der Waals surface area contributed by atoms with E-state index in [0.29, 0.717) is 6.61 Å². The van der Waals surface area contributed by atoms with Gasteiger partial charge in [0.15, 0.2) is 0 Å². The van der Waals surface area contributed by atoms with Crippen LogP contribution < -0.4 is 4.74 Å². The van der Waals surface area contributed by atoms with E-state index in [-0.39, 0.29) is 18.4 Å². The first-order chi connectivity index (χ1) is 10.6. The Labute approximate surface area is 148 Å². The smallest absolute Gasteiger partial charge is 0.128 e. The molecule has 122 valence electrons. The normalized spacial score (nSPS) is 16.7. The second-order valence-corrected chi connectivity index (χ2v) is 6.14. The fourth-order valence-corrected chi connectivity index (χ4v) is 2.74. The predicted molar refractivity (Wildman–Crippen MR) is 98.6 cm³/mol. The van der Waals surface area contributed by atoms with Gasteiger partial charge >= 0.3 is 0 Å². The van der Waals surface area contributed by atoms with E-state index >= 15 is 0 Å². The lowest BCUT2D eigenvalue weighted by molar-refractivity contribution is 0.258. The van der Waals surface area contributed by atoms with Crippen molar-refractivity contribution in [2.75, 3.05) is 27.2 Å². The molecule has 0 radical (unpaired) electrons. The Morgan fingerprint density at radius 1 is 1.13 bits per heavy atom. The SMILES string of the molecule is CN(C)CC1COc2ccccc2C(c2ccc(Cl)cc2)=N1.Cl. The fraction of sp³-hybridized carbons (Fsp3) is 0.278. The van der Waals surface area contributed by atoms with Crippen LogP contribution in [-0.4, -0.2) is 43.9 Å². The quantitative estimate of drug-likeness (QED) is 0.837. The summed E-state index contributed by atoms with van der Waals surface area (Å²) in [6.45, 7) is 1.44. The Morgan fingerprint density at radius 3 is 2.52 bits per heavy atom. The van der Waals surface area contributed by atoms with Crippen molar-refractivity contribution in [2.24, 2.45) is 4.99 Å². The highest BCUT2D eigenvalue weighted by molar-refractivity contribution is 6.30. The van der Waals surface area contributed by atoms with Gasteiger partial charge in [-0.25, -0.2) is 0 Å². The van der Waals surface area contributed by atoms with E-state index in [1.807, 2.05) is 42.5 Å². The number of ether oxygens (including phenoxy) is 1. The summed E-state index contributed by atoms with van der Waals surface area (Å²) in [7, 11) is 4.10. The van der Waals surface area contributed by atoms with Crippen molar-refractivity contribution in [3.8, 4) is 5.75 Å². The van der Waals surface area contributed by atoms with Gasteiger partial charge in [0.2, 0.25) is 0 Å². The maximum atomic E-state index is 6.01. The number of fused-ring (bicyclic) bond motifs is 1. The molecule has 1 heterocycles. The van der Waals surface area contributed by atoms with Crippen molar-refractivity contribution in [1.82, 2.24) is 4.90 Å². The number of aliphatic imine (C=N–C) groups is 1. The molecule has 0 fully saturated rings. The minimum absolute atomic E-state index is 0. The molecule has 3 nitrogen and oxygen atoms in total. The third-order valence-electron chi connectivity index (χ3n) is 3.58. The van der Waals surface area contributed by atoms with Crippen LogP contribution in [0.1, 0.15) is 11.1 Å². The van der Waals surface area contributed by atoms with Crippen LogP contribution in [0.25, 0.3) is 0 Å². The van der Waals surface area contributed by atoms with Gasteiger partial charge in [0.25, 0.3) is 0 Å². The summed E-state index contributed by atoms with van der Waals surface area (Å²) in [4.78, 5) is 7.10. The van der Waals surface area contributed by atoms with Crippen LogP contribution in [0.5, 0.6) is 5.75 Å². The van der Waals surface area contributed by atoms with Crippen LogP contribution in [0.4, 0.5) is 0 Å². The van der Waals surface area contributed by atoms with Crippen LogP contribution >= 0.6 is 24.0 Å². The number of benzene rings is 2. The maximum Gasteiger partial charge on any atom is 0.128 e. The van der Waals surface area contributed by atoms with Gasteiger partial charge in [-0.15, -0.1) is 12.4 Å². The zero-order valence-electron chi connectivity index (χ0n) is 13.2. The maximum absolute atomic E-state index is 6.01. The van der Waals surface area contributed by atoms with Crippen molar-refractivity contribution in [3.63, 3.8) is 0 Å². The van der Waals surface area contributed by atoms with Crippen molar-refractivity contribution in [2.45, 2.75) is 6.04 Å². The van der Waals surface area contributed by atoms with Crippen molar-refractivity contribution in [1.29, 1.82) is 0 Å². The number of hydrogen-bond donors (Lipinski definition) is 0. The molecule has 5 heteroatoms. The molecule has 1 aliphatic heterocycles. The first-order valence-electron chi connectivity index (χ1n) is 7.34. The predicted octanol–water partition coefficient (Wildman–Crippen LogP) is 3.92. The monoisotopic (exact) mass is 350 g/mol. The summed E-state index contributed by atoms with van der Waals surface area (Å²) in [5, 5.41) is 0.729. The minimum atomic E-state index is 0. The summed E-state index contributed by atoms with van der Waals surface area (Å²) in [5.74, 6) is 0.887. The second kappa shape index (κ2) is 7.82. The van der Waals surface area contributed by atoms with Crippen molar-refractivity contribution in [3.05, 3.63) is 64.7 Å². The van der Waals surface area contributed by atoms with E-state index in [2.05, 4.69) is 25.1 Å². The van der Waals surface area contributed by atoms with E-state index in [4.69, 9.17) is 21.3 Å². The van der Waals surface area contributed by atoms with Gasteiger partial charge in [0, 0.05) is 22.7 Å². The molecular weight excluding hydrogens is 331 g/mol. The molecule has 0 aromatic heterocycles. The van der Waals surface area contributed by atoms with E-state index in [9.17, 15) is 0 Å². The fourth-order valence-electron chi connectivity index (χ4n) is 2.62. The zero-order chi connectivity index (χ0) is 15.5. The summed E-state index contributed by atoms with van der Waals surface area (Å²) >= 11 is 6.01. The molecule has 0 amide bonds. The summed E-state index contributed by atoms with van der Waals surface area (Å²) in [6.07, 6.45) is 0. The number of hydrogen-bond acceptors (Lipinski definition) is 3. The molecule has 0 spiro atoms. The third kappa shape index (κ3) is 4.25. The molecule has 23 heavy (non-hydrogen) atoms. The van der Waals surface area contributed by atoms with Gasteiger partial charge < -0.3 is 9.64 Å². The molecule has 0 saturated heterocycles. The topological polar surface area (TPSA) is 24.8 Å². The second-order valence-electron chi connectivity index (χ2n) is 5.71. The van der Waals surface area contributed by atoms with Crippen molar-refractivity contribution < 1.29 is 4.74 Å². The number of halogens is 2. The Balaban J connectivity index is 0.00000192. The van der Waals surface area contributed by atoms with Gasteiger partial charge in [0.1, 0.15) is 12.4 Å². The standard InChI is InChI=1S/C18H19ClN2O.ClH/c1-21(2)11-15-12-22-17-6-4-3-5-16(17)18(20-15)13-7-9-14(19)10-8-13;/h3-10,15H,11-12H2,1-2H3;1H. The van der Waals surface area contributed by atoms with E-state index in [1.165, 1.54) is 0 Å². The van der Waals surface area contributed by atoms with E-state index in [0.717, 1.165) is 34.2 Å². The first-order valence-corrected chi connectivity index (χ1v) is 7.72. The van der Waals surface area contributed by atoms with Crippen LogP contribution in [0.3, 0.4) is 0 Å². The molecule has 1 unspecified atom stereocenters. The van der Waals surface area contributed by atoms with Crippen LogP contribution in [-0.2, 0) is 0 Å². The summed E-state index contributed by atoms with van der Waals surface area (Å²) in [5.41, 5.74) is 3.06. The molecule has 2 aromatic carbocycles. The van der Waals surface area contributed by atoms with Gasteiger partial charge in [-0.3, -0.25) is 4.99 Å². The molecule has 0 N–H and O–H groups in total. The average molecular weight is 351 g/mol. The highest BCUT2D eigenvalue weighted by Crippen LogP contribution is 2.26. The number of para-hydroxylation sites is 1. The number of likely N-dealkylation sites (N-methyl/N-ethyl adjacent to an activating group) is 1.